The number of amides is 1. The quantitative estimate of drug-likeness (QED) is 0.483. The maximum atomic E-state index is 12.9. The highest BCUT2D eigenvalue weighted by molar-refractivity contribution is 5.90. The van der Waals surface area contributed by atoms with Crippen LogP contribution in [0.2, 0.25) is 0 Å². The second kappa shape index (κ2) is 11.2. The highest BCUT2D eigenvalue weighted by atomic mass is 16.4. The van der Waals surface area contributed by atoms with Gasteiger partial charge in [0.05, 0.1) is 5.41 Å². The van der Waals surface area contributed by atoms with Crippen molar-refractivity contribution in [3.05, 3.63) is 59.3 Å². The maximum absolute atomic E-state index is 12.9. The molecule has 1 aromatic heterocycles. The number of carbonyl (C=O) groups is 2. The Hall–Kier alpha value is -2.93. The molecule has 1 amide bonds. The topological polar surface area (TPSA) is 94.6 Å². The van der Waals surface area contributed by atoms with Gasteiger partial charge in [0, 0.05) is 25.3 Å². The zero-order valence-corrected chi connectivity index (χ0v) is 20.9. The van der Waals surface area contributed by atoms with Crippen LogP contribution >= 0.6 is 0 Å². The zero-order chi connectivity index (χ0) is 24.8. The van der Waals surface area contributed by atoms with Crippen LogP contribution in [0.15, 0.2) is 42.5 Å². The molecule has 0 radical (unpaired) electrons. The lowest BCUT2D eigenvalue weighted by Crippen LogP contribution is -2.49. The number of pyridine rings is 1. The molecule has 7 nitrogen and oxygen atoms in total. The minimum absolute atomic E-state index is 0.262. The number of rotatable bonds is 10. The summed E-state index contributed by atoms with van der Waals surface area (Å²) in [4.78, 5) is 32.0. The van der Waals surface area contributed by atoms with Crippen molar-refractivity contribution in [3.63, 3.8) is 0 Å². The van der Waals surface area contributed by atoms with Crippen molar-refractivity contribution in [2.45, 2.75) is 63.8 Å². The molecule has 188 valence electrons. The first kappa shape index (κ1) is 25.2. The molecule has 0 unspecified atom stereocenters. The van der Waals surface area contributed by atoms with Crippen LogP contribution in [0.3, 0.4) is 0 Å². The lowest BCUT2D eigenvalue weighted by molar-refractivity contribution is -0.142. The number of anilines is 1. The Morgan fingerprint density at radius 1 is 1.23 bits per heavy atom. The van der Waals surface area contributed by atoms with Gasteiger partial charge in [0.2, 0.25) is 5.91 Å². The lowest BCUT2D eigenvalue weighted by atomic mass is 9.83. The highest BCUT2D eigenvalue weighted by Gasteiger charge is 2.33. The van der Waals surface area contributed by atoms with Crippen molar-refractivity contribution in [2.75, 3.05) is 31.5 Å². The van der Waals surface area contributed by atoms with Crippen molar-refractivity contribution >= 4 is 17.7 Å². The van der Waals surface area contributed by atoms with Crippen LogP contribution in [0.25, 0.3) is 0 Å². The second-order valence-electron chi connectivity index (χ2n) is 10.5. The number of aliphatic carboxylic acids is 1. The summed E-state index contributed by atoms with van der Waals surface area (Å²) in [6.45, 7) is 7.27. The number of nitrogens with zero attached hydrogens (tertiary/aromatic N) is 2. The second-order valence-corrected chi connectivity index (χ2v) is 10.5. The molecule has 0 saturated carbocycles. The third-order valence-electron chi connectivity index (χ3n) is 7.53. The zero-order valence-electron chi connectivity index (χ0n) is 20.9. The molecule has 3 N–H and O–H groups in total. The van der Waals surface area contributed by atoms with E-state index in [9.17, 15) is 14.7 Å². The van der Waals surface area contributed by atoms with Crippen molar-refractivity contribution < 1.29 is 14.7 Å². The summed E-state index contributed by atoms with van der Waals surface area (Å²) in [5.74, 6) is 0.405. The Balaban J connectivity index is 1.24. The number of fused-ring (bicyclic) bond motifs is 1. The monoisotopic (exact) mass is 478 g/mol. The Kier molecular flexibility index (Phi) is 8.06. The minimum Gasteiger partial charge on any atom is -0.480 e. The molecule has 4 rings (SSSR count). The fourth-order valence-electron chi connectivity index (χ4n) is 5.11. The minimum atomic E-state index is -0.981. The first-order valence-electron chi connectivity index (χ1n) is 12.9. The molecule has 3 heterocycles. The molecule has 0 aliphatic carbocycles. The van der Waals surface area contributed by atoms with Crippen LogP contribution in [0.4, 0.5) is 5.82 Å². The van der Waals surface area contributed by atoms with E-state index in [-0.39, 0.29) is 5.91 Å². The molecule has 7 heteroatoms. The van der Waals surface area contributed by atoms with Gasteiger partial charge in [-0.25, -0.2) is 9.78 Å². The molecule has 2 aromatic rings. The van der Waals surface area contributed by atoms with Gasteiger partial charge in [-0.3, -0.25) is 4.79 Å². The predicted octanol–water partition coefficient (Wildman–Crippen LogP) is 3.63. The van der Waals surface area contributed by atoms with Crippen molar-refractivity contribution in [1.29, 1.82) is 0 Å². The summed E-state index contributed by atoms with van der Waals surface area (Å²) >= 11 is 0. The summed E-state index contributed by atoms with van der Waals surface area (Å²) in [6, 6.07) is 13.0. The van der Waals surface area contributed by atoms with E-state index in [4.69, 9.17) is 4.98 Å². The van der Waals surface area contributed by atoms with Crippen LogP contribution in [0, 0.1) is 5.92 Å². The Bertz CT molecular complexity index is 1020. The third-order valence-corrected chi connectivity index (χ3v) is 7.53. The van der Waals surface area contributed by atoms with Gasteiger partial charge < -0.3 is 20.6 Å². The maximum Gasteiger partial charge on any atom is 0.326 e. The van der Waals surface area contributed by atoms with Crippen molar-refractivity contribution in [3.8, 4) is 0 Å². The normalized spacial score (nSPS) is 19.0. The molecule has 0 spiro atoms. The number of carboxylic acid groups (broad SMARTS) is 1. The third kappa shape index (κ3) is 6.40. The molecule has 0 bridgehead atoms. The molecular formula is C28H38N4O3. The smallest absolute Gasteiger partial charge is 0.326 e. The fraction of sp³-hybridized carbons (Fsp3) is 0.536. The summed E-state index contributed by atoms with van der Waals surface area (Å²) in [5, 5.41) is 15.9. The molecule has 1 aromatic carbocycles. The molecule has 2 aliphatic rings. The molecule has 2 aliphatic heterocycles. The van der Waals surface area contributed by atoms with E-state index in [1.54, 1.807) is 0 Å². The van der Waals surface area contributed by atoms with Gasteiger partial charge in [0.15, 0.2) is 0 Å². The summed E-state index contributed by atoms with van der Waals surface area (Å²) < 4.78 is 0. The van der Waals surface area contributed by atoms with E-state index in [0.717, 1.165) is 62.4 Å². The van der Waals surface area contributed by atoms with Crippen molar-refractivity contribution in [1.82, 2.24) is 15.2 Å². The number of likely N-dealkylation sites (tertiary alicyclic amines) is 1. The average molecular weight is 479 g/mol. The van der Waals surface area contributed by atoms with Gasteiger partial charge in [0.25, 0.3) is 0 Å². The number of nitrogens with one attached hydrogen (secondary N) is 2. The van der Waals surface area contributed by atoms with Crippen LogP contribution in [0.1, 0.15) is 56.4 Å². The number of aryl methyl sites for hydroxylation is 2. The predicted molar refractivity (Wildman–Crippen MR) is 138 cm³/mol. The Morgan fingerprint density at radius 2 is 2.03 bits per heavy atom. The fourth-order valence-corrected chi connectivity index (χ4v) is 5.11. The first-order valence-corrected chi connectivity index (χ1v) is 12.9. The van der Waals surface area contributed by atoms with Crippen LogP contribution in [-0.4, -0.2) is 59.1 Å². The van der Waals surface area contributed by atoms with E-state index in [0.29, 0.717) is 18.9 Å². The number of carbonyl (C=O) groups excluding carboxylic acids is 1. The largest absolute Gasteiger partial charge is 0.480 e. The van der Waals surface area contributed by atoms with E-state index in [2.05, 4.69) is 27.7 Å². The van der Waals surface area contributed by atoms with Crippen LogP contribution in [0.5, 0.6) is 0 Å². The molecule has 1 saturated heterocycles. The summed E-state index contributed by atoms with van der Waals surface area (Å²) in [6.07, 6.45) is 5.85. The standard InChI is InChI=1S/C28H38N4O3/c1-28(2,22-8-4-3-5-9-22)27(35)31-24(26(33)34)15-18-32-17-14-20(19-32)10-12-23-13-11-21-7-6-16-29-25(21)30-23/h3-5,8-9,11,13,20,24H,6-7,10,12,14-19H2,1-2H3,(H,29,30)(H,31,35)(H,33,34)/t20-,24+/m1/s1. The number of aromatic nitrogens is 1. The SMILES string of the molecule is CC(C)(C(=O)N[C@@H](CCN1CC[C@@H](CCc2ccc3c(n2)NCCC3)C1)C(=O)O)c1ccccc1. The van der Waals surface area contributed by atoms with E-state index < -0.39 is 17.4 Å². The van der Waals surface area contributed by atoms with Crippen LogP contribution < -0.4 is 10.6 Å². The number of carboxylic acids is 1. The van der Waals surface area contributed by atoms with Crippen LogP contribution in [-0.2, 0) is 27.8 Å². The number of hydrogen-bond donors (Lipinski definition) is 3. The Morgan fingerprint density at radius 3 is 2.80 bits per heavy atom. The lowest BCUT2D eigenvalue weighted by Gasteiger charge is -2.27. The summed E-state index contributed by atoms with van der Waals surface area (Å²) in [7, 11) is 0. The van der Waals surface area contributed by atoms with E-state index in [1.807, 2.05) is 44.2 Å². The van der Waals surface area contributed by atoms with Gasteiger partial charge in [-0.15, -0.1) is 0 Å². The van der Waals surface area contributed by atoms with Gasteiger partial charge in [-0.1, -0.05) is 36.4 Å². The molecule has 35 heavy (non-hydrogen) atoms. The molecule has 1 fully saturated rings. The van der Waals surface area contributed by atoms with Gasteiger partial charge in [-0.2, -0.15) is 0 Å². The Labute approximate surface area is 208 Å². The van der Waals surface area contributed by atoms with Gasteiger partial charge in [-0.05, 0) is 82.0 Å². The average Bonchev–Trinajstić information content (AvgIpc) is 3.33. The number of hydrogen-bond acceptors (Lipinski definition) is 5. The van der Waals surface area contributed by atoms with E-state index in [1.165, 1.54) is 12.0 Å². The van der Waals surface area contributed by atoms with E-state index >= 15 is 0 Å². The van der Waals surface area contributed by atoms with Crippen molar-refractivity contribution in [2.24, 2.45) is 5.92 Å². The molecular weight excluding hydrogens is 440 g/mol. The van der Waals surface area contributed by atoms with Gasteiger partial charge >= 0.3 is 5.97 Å². The summed E-state index contributed by atoms with van der Waals surface area (Å²) in [5.41, 5.74) is 2.53. The first-order chi connectivity index (χ1) is 16.8. The molecule has 2 atom stereocenters. The number of benzene rings is 1. The highest BCUT2D eigenvalue weighted by Crippen LogP contribution is 2.25. The van der Waals surface area contributed by atoms with Gasteiger partial charge in [0.1, 0.15) is 11.9 Å².